The number of alkyl halides is 2. The number of rotatable bonds is 10. The van der Waals surface area contributed by atoms with Crippen LogP contribution in [-0.2, 0) is 31.4 Å². The van der Waals surface area contributed by atoms with Crippen molar-refractivity contribution in [2.45, 2.75) is 59.1 Å². The Balaban J connectivity index is 1.55. The fourth-order valence-corrected chi connectivity index (χ4v) is 4.59. The van der Waals surface area contributed by atoms with Crippen LogP contribution in [0.2, 0.25) is 0 Å². The average molecular weight is 519 g/mol. The zero-order valence-corrected chi connectivity index (χ0v) is 21.4. The van der Waals surface area contributed by atoms with Crippen molar-refractivity contribution >= 4 is 11.7 Å². The largest absolute Gasteiger partial charge is 0.481 e. The lowest BCUT2D eigenvalue weighted by atomic mass is 9.91. The van der Waals surface area contributed by atoms with E-state index in [0.717, 1.165) is 0 Å². The first-order chi connectivity index (χ1) is 17.5. The maximum absolute atomic E-state index is 14.5. The number of halogens is 2. The summed E-state index contributed by atoms with van der Waals surface area (Å²) in [6, 6.07) is 3.47. The van der Waals surface area contributed by atoms with Crippen molar-refractivity contribution in [3.05, 3.63) is 29.7 Å². The van der Waals surface area contributed by atoms with Crippen LogP contribution in [0.25, 0.3) is 11.4 Å². The highest BCUT2D eigenvalue weighted by Gasteiger charge is 2.41. The van der Waals surface area contributed by atoms with Gasteiger partial charge in [0.1, 0.15) is 24.2 Å². The first-order valence-corrected chi connectivity index (χ1v) is 12.3. The van der Waals surface area contributed by atoms with E-state index in [0.29, 0.717) is 53.2 Å². The SMILES string of the molecule is CCc1nc(-c2nnn(C)c2COc2cnn(CC(C)C)n2)ccc1N1C[C@@H](CC(=O)O)CC(F)(F)C1. The average Bonchev–Trinajstić information content (AvgIpc) is 3.41. The molecule has 0 spiro atoms. The van der Waals surface area contributed by atoms with Gasteiger partial charge in [0.2, 0.25) is 0 Å². The minimum Gasteiger partial charge on any atom is -0.481 e. The number of hydrogen-bond donors (Lipinski definition) is 1. The molecule has 13 heteroatoms. The van der Waals surface area contributed by atoms with Crippen molar-refractivity contribution in [1.82, 2.24) is 35.0 Å². The summed E-state index contributed by atoms with van der Waals surface area (Å²) < 4.78 is 36.4. The monoisotopic (exact) mass is 518 g/mol. The molecular formula is C24H32F2N8O3. The molecule has 0 radical (unpaired) electrons. The van der Waals surface area contributed by atoms with Gasteiger partial charge in [-0.3, -0.25) is 4.79 Å². The zero-order chi connectivity index (χ0) is 26.7. The highest BCUT2D eigenvalue weighted by Crippen LogP contribution is 2.36. The van der Waals surface area contributed by atoms with Crippen molar-refractivity contribution < 1.29 is 23.4 Å². The predicted octanol–water partition coefficient (Wildman–Crippen LogP) is 3.20. The number of aliphatic carboxylic acids is 1. The molecular weight excluding hydrogens is 486 g/mol. The predicted molar refractivity (Wildman–Crippen MR) is 130 cm³/mol. The zero-order valence-electron chi connectivity index (χ0n) is 21.4. The Bertz CT molecular complexity index is 1240. The van der Waals surface area contributed by atoms with Gasteiger partial charge in [-0.15, -0.1) is 10.2 Å². The molecule has 0 saturated carbocycles. The van der Waals surface area contributed by atoms with Crippen molar-refractivity contribution in [3.8, 4) is 17.3 Å². The van der Waals surface area contributed by atoms with Crippen molar-refractivity contribution in [1.29, 1.82) is 0 Å². The van der Waals surface area contributed by atoms with E-state index in [4.69, 9.17) is 14.8 Å². The lowest BCUT2D eigenvalue weighted by molar-refractivity contribution is -0.139. The normalized spacial score (nSPS) is 17.4. The van der Waals surface area contributed by atoms with Crippen molar-refractivity contribution in [2.24, 2.45) is 18.9 Å². The van der Waals surface area contributed by atoms with E-state index < -0.39 is 30.8 Å². The third-order valence-corrected chi connectivity index (χ3v) is 6.16. The number of carboxylic acids is 1. The third kappa shape index (κ3) is 6.38. The number of anilines is 1. The van der Waals surface area contributed by atoms with Crippen LogP contribution in [-0.4, -0.2) is 65.1 Å². The molecule has 4 heterocycles. The van der Waals surface area contributed by atoms with Crippen LogP contribution >= 0.6 is 0 Å². The first kappa shape index (κ1) is 26.4. The van der Waals surface area contributed by atoms with Crippen LogP contribution in [0, 0.1) is 11.8 Å². The second kappa shape index (κ2) is 10.8. The van der Waals surface area contributed by atoms with E-state index in [1.54, 1.807) is 39.8 Å². The Morgan fingerprint density at radius 3 is 2.81 bits per heavy atom. The van der Waals surface area contributed by atoms with Crippen LogP contribution in [0.1, 0.15) is 45.0 Å². The summed E-state index contributed by atoms with van der Waals surface area (Å²) in [5.41, 5.74) is 2.93. The number of hydrogen-bond acceptors (Lipinski definition) is 8. The molecule has 200 valence electrons. The second-order valence-corrected chi connectivity index (χ2v) is 9.85. The van der Waals surface area contributed by atoms with Gasteiger partial charge in [0.15, 0.2) is 0 Å². The molecule has 1 saturated heterocycles. The molecule has 0 bridgehead atoms. The van der Waals surface area contributed by atoms with Crippen LogP contribution in [0.15, 0.2) is 18.3 Å². The highest BCUT2D eigenvalue weighted by atomic mass is 19.3. The smallest absolute Gasteiger partial charge is 0.303 e. The van der Waals surface area contributed by atoms with Gasteiger partial charge in [-0.05, 0) is 30.4 Å². The van der Waals surface area contributed by atoms with Gasteiger partial charge in [0, 0.05) is 20.0 Å². The third-order valence-electron chi connectivity index (χ3n) is 6.16. The summed E-state index contributed by atoms with van der Waals surface area (Å²) in [6.45, 7) is 6.62. The molecule has 0 unspecified atom stereocenters. The molecule has 37 heavy (non-hydrogen) atoms. The van der Waals surface area contributed by atoms with Gasteiger partial charge >= 0.3 is 5.97 Å². The molecule has 11 nitrogen and oxygen atoms in total. The Hall–Kier alpha value is -3.64. The van der Waals surface area contributed by atoms with Crippen LogP contribution in [0.3, 0.4) is 0 Å². The van der Waals surface area contributed by atoms with E-state index in [9.17, 15) is 13.6 Å². The van der Waals surface area contributed by atoms with E-state index in [1.807, 2.05) is 6.92 Å². The fraction of sp³-hybridized carbons (Fsp3) is 0.583. The number of nitrogens with zero attached hydrogens (tertiary/aromatic N) is 8. The summed E-state index contributed by atoms with van der Waals surface area (Å²) in [7, 11) is 1.75. The van der Waals surface area contributed by atoms with Gasteiger partial charge in [0.25, 0.3) is 11.8 Å². The minimum atomic E-state index is -2.98. The first-order valence-electron chi connectivity index (χ1n) is 12.3. The van der Waals surface area contributed by atoms with E-state index >= 15 is 0 Å². The van der Waals surface area contributed by atoms with Gasteiger partial charge in [-0.2, -0.15) is 9.90 Å². The van der Waals surface area contributed by atoms with Crippen molar-refractivity contribution in [2.75, 3.05) is 18.0 Å². The molecule has 3 aromatic heterocycles. The molecule has 3 aromatic rings. The summed E-state index contributed by atoms with van der Waals surface area (Å²) in [4.78, 5) is 19.0. The summed E-state index contributed by atoms with van der Waals surface area (Å²) in [5.74, 6) is -3.92. The molecule has 0 aromatic carbocycles. The standard InChI is InChI=1S/C24H32F2N8O3/c1-5-17-19(33-12-16(8-22(35)36)9-24(25,26)14-33)7-6-18(28-17)23-20(32(4)31-29-23)13-37-21-10-27-34(30-21)11-15(2)3/h6-7,10,15-16H,5,8-9,11-14H2,1-4H3,(H,35,36)/t16-/m0/s1. The van der Waals surface area contributed by atoms with E-state index in [-0.39, 0.29) is 19.6 Å². The Morgan fingerprint density at radius 2 is 2.11 bits per heavy atom. The Morgan fingerprint density at radius 1 is 1.32 bits per heavy atom. The number of pyridine rings is 1. The lowest BCUT2D eigenvalue weighted by Gasteiger charge is -2.39. The van der Waals surface area contributed by atoms with E-state index in [1.165, 1.54) is 0 Å². The van der Waals surface area contributed by atoms with Crippen LogP contribution < -0.4 is 9.64 Å². The molecule has 4 rings (SSSR count). The fourth-order valence-electron chi connectivity index (χ4n) is 4.59. The number of aryl methyl sites for hydroxylation is 2. The summed E-state index contributed by atoms with van der Waals surface area (Å²) >= 11 is 0. The lowest BCUT2D eigenvalue weighted by Crippen LogP contribution is -2.48. The number of ether oxygens (including phenoxy) is 1. The molecule has 1 aliphatic heterocycles. The minimum absolute atomic E-state index is 0.138. The molecule has 1 fully saturated rings. The maximum Gasteiger partial charge on any atom is 0.303 e. The summed E-state index contributed by atoms with van der Waals surface area (Å²) in [6.07, 6.45) is 1.32. The van der Waals surface area contributed by atoms with Gasteiger partial charge in [0.05, 0.1) is 36.6 Å². The number of carboxylic acid groups (broad SMARTS) is 1. The molecule has 1 atom stereocenters. The van der Waals surface area contributed by atoms with Gasteiger partial charge < -0.3 is 14.7 Å². The topological polar surface area (TPSA) is 124 Å². The van der Waals surface area contributed by atoms with Crippen molar-refractivity contribution in [3.63, 3.8) is 0 Å². The van der Waals surface area contributed by atoms with Crippen LogP contribution in [0.5, 0.6) is 5.88 Å². The molecule has 0 aliphatic carbocycles. The quantitative estimate of drug-likeness (QED) is 0.431. The van der Waals surface area contributed by atoms with Gasteiger partial charge in [-0.25, -0.2) is 18.4 Å². The number of piperidine rings is 1. The molecule has 1 N–H and O–H groups in total. The Kier molecular flexibility index (Phi) is 7.69. The number of aromatic nitrogens is 7. The van der Waals surface area contributed by atoms with Crippen LogP contribution in [0.4, 0.5) is 14.5 Å². The highest BCUT2D eigenvalue weighted by molar-refractivity contribution is 5.67. The molecule has 1 aliphatic rings. The molecule has 0 amide bonds. The Labute approximate surface area is 213 Å². The second-order valence-electron chi connectivity index (χ2n) is 9.85. The summed E-state index contributed by atoms with van der Waals surface area (Å²) in [5, 5.41) is 26.0. The van der Waals surface area contributed by atoms with Gasteiger partial charge in [-0.1, -0.05) is 26.0 Å². The maximum atomic E-state index is 14.5. The van der Waals surface area contributed by atoms with E-state index in [2.05, 4.69) is 34.4 Å². The number of carbonyl (C=O) groups is 1.